The minimum Gasteiger partial charge on any atom is -0.463 e. The van der Waals surface area contributed by atoms with E-state index in [1.54, 1.807) is 6.92 Å². The second-order valence-electron chi connectivity index (χ2n) is 2.98. The van der Waals surface area contributed by atoms with E-state index in [4.69, 9.17) is 17.3 Å². The molecule has 0 spiro atoms. The van der Waals surface area contributed by atoms with Crippen LogP contribution < -0.4 is 5.73 Å². The molecule has 0 amide bonds. The Bertz CT molecular complexity index is 432. The van der Waals surface area contributed by atoms with Gasteiger partial charge in [-0.25, -0.2) is 9.18 Å². The number of hydrogen-bond donors (Lipinski definition) is 1. The van der Waals surface area contributed by atoms with Crippen LogP contribution in [0, 0.1) is 5.82 Å². The van der Waals surface area contributed by atoms with E-state index in [0.717, 1.165) is 6.07 Å². The molecule has 0 aliphatic carbocycles. The Morgan fingerprint density at radius 3 is 2.94 bits per heavy atom. The van der Waals surface area contributed by atoms with Crippen LogP contribution in [0.3, 0.4) is 0 Å². The summed E-state index contributed by atoms with van der Waals surface area (Å²) < 4.78 is 17.8. The van der Waals surface area contributed by atoms with E-state index < -0.39 is 11.8 Å². The molecule has 5 heteroatoms. The molecule has 16 heavy (non-hydrogen) atoms. The van der Waals surface area contributed by atoms with Crippen molar-refractivity contribution in [1.82, 2.24) is 0 Å². The van der Waals surface area contributed by atoms with E-state index in [0.29, 0.717) is 5.56 Å². The third-order valence-electron chi connectivity index (χ3n) is 1.80. The zero-order valence-corrected chi connectivity index (χ0v) is 9.42. The zero-order chi connectivity index (χ0) is 12.1. The van der Waals surface area contributed by atoms with E-state index in [2.05, 4.69) is 4.74 Å². The summed E-state index contributed by atoms with van der Waals surface area (Å²) in [5, 5.41) is 0.277. The van der Waals surface area contributed by atoms with E-state index in [9.17, 15) is 9.18 Å². The molecule has 1 rings (SSSR count). The summed E-state index contributed by atoms with van der Waals surface area (Å²) in [6, 6.07) is 2.45. The number of carbonyl (C=O) groups is 1. The summed E-state index contributed by atoms with van der Waals surface area (Å²) >= 11 is 5.81. The van der Waals surface area contributed by atoms with Gasteiger partial charge >= 0.3 is 5.97 Å². The first-order chi connectivity index (χ1) is 7.54. The first-order valence-corrected chi connectivity index (χ1v) is 5.01. The number of hydrogen-bond acceptors (Lipinski definition) is 3. The van der Waals surface area contributed by atoms with Crippen molar-refractivity contribution in [3.8, 4) is 0 Å². The molecule has 0 fully saturated rings. The molecule has 1 aromatic rings. The van der Waals surface area contributed by atoms with Gasteiger partial charge in [0.2, 0.25) is 0 Å². The zero-order valence-electron chi connectivity index (χ0n) is 8.67. The molecule has 0 unspecified atom stereocenters. The molecule has 2 N–H and O–H groups in total. The Morgan fingerprint density at radius 1 is 1.62 bits per heavy atom. The van der Waals surface area contributed by atoms with Gasteiger partial charge in [0.15, 0.2) is 0 Å². The predicted molar refractivity (Wildman–Crippen MR) is 61.5 cm³/mol. The fourth-order valence-corrected chi connectivity index (χ4v) is 1.29. The molecule has 0 saturated heterocycles. The van der Waals surface area contributed by atoms with Gasteiger partial charge in [0.1, 0.15) is 5.82 Å². The summed E-state index contributed by atoms with van der Waals surface area (Å²) in [6.45, 7) is 1.98. The number of rotatable bonds is 3. The van der Waals surface area contributed by atoms with Crippen molar-refractivity contribution in [3.05, 3.63) is 34.6 Å². The molecule has 0 atom stereocenters. The molecule has 0 aliphatic rings. The fraction of sp³-hybridized carbons (Fsp3) is 0.182. The summed E-state index contributed by atoms with van der Waals surface area (Å²) in [5.74, 6) is -1.08. The quantitative estimate of drug-likeness (QED) is 0.504. The van der Waals surface area contributed by atoms with Crippen LogP contribution in [-0.4, -0.2) is 12.6 Å². The van der Waals surface area contributed by atoms with Crippen molar-refractivity contribution in [2.75, 3.05) is 12.3 Å². The number of nitrogen functional groups attached to an aromatic ring is 1. The maximum atomic E-state index is 13.1. The number of ether oxygens (including phenoxy) is 1. The minimum absolute atomic E-state index is 0.0294. The lowest BCUT2D eigenvalue weighted by Gasteiger charge is -2.01. The summed E-state index contributed by atoms with van der Waals surface area (Å²) in [7, 11) is 0. The van der Waals surface area contributed by atoms with Crippen molar-refractivity contribution in [2.24, 2.45) is 0 Å². The fourth-order valence-electron chi connectivity index (χ4n) is 1.05. The number of nitrogens with two attached hydrogens (primary N) is 1. The van der Waals surface area contributed by atoms with Gasteiger partial charge in [-0.2, -0.15) is 0 Å². The summed E-state index contributed by atoms with van der Waals surface area (Å²) in [4.78, 5) is 11.0. The highest BCUT2D eigenvalue weighted by molar-refractivity contribution is 6.32. The second kappa shape index (κ2) is 5.51. The molecule has 3 nitrogen and oxygen atoms in total. The van der Waals surface area contributed by atoms with Crippen molar-refractivity contribution < 1.29 is 13.9 Å². The topological polar surface area (TPSA) is 52.3 Å². The first-order valence-electron chi connectivity index (χ1n) is 4.64. The van der Waals surface area contributed by atoms with Gasteiger partial charge in [0.05, 0.1) is 17.3 Å². The van der Waals surface area contributed by atoms with Gasteiger partial charge in [-0.1, -0.05) is 11.6 Å². The van der Waals surface area contributed by atoms with Crippen LogP contribution in [0.1, 0.15) is 12.5 Å². The molecular weight excluding hydrogens is 233 g/mol. The monoisotopic (exact) mass is 243 g/mol. The Labute approximate surface area is 97.7 Å². The van der Waals surface area contributed by atoms with Crippen LogP contribution >= 0.6 is 11.6 Å². The highest BCUT2D eigenvalue weighted by Crippen LogP contribution is 2.23. The van der Waals surface area contributed by atoms with Crippen LogP contribution in [0.15, 0.2) is 18.2 Å². The molecule has 0 heterocycles. The lowest BCUT2D eigenvalue weighted by atomic mass is 10.2. The smallest absolute Gasteiger partial charge is 0.330 e. The third-order valence-corrected chi connectivity index (χ3v) is 2.13. The van der Waals surface area contributed by atoms with Gasteiger partial charge in [0, 0.05) is 6.08 Å². The number of esters is 1. The average Bonchev–Trinajstić information content (AvgIpc) is 2.22. The Morgan fingerprint density at radius 2 is 2.31 bits per heavy atom. The minimum atomic E-state index is -0.576. The van der Waals surface area contributed by atoms with Gasteiger partial charge in [-0.15, -0.1) is 0 Å². The molecule has 0 radical (unpaired) electrons. The Kier molecular flexibility index (Phi) is 4.31. The normalized spacial score (nSPS) is 10.7. The summed E-state index contributed by atoms with van der Waals surface area (Å²) in [6.07, 6.45) is 2.56. The highest BCUT2D eigenvalue weighted by Gasteiger charge is 2.04. The van der Waals surface area contributed by atoms with Gasteiger partial charge < -0.3 is 10.5 Å². The van der Waals surface area contributed by atoms with Crippen LogP contribution in [0.2, 0.25) is 5.02 Å². The Balaban J connectivity index is 2.89. The SMILES string of the molecule is CCOC(=O)C=Cc1cc(F)c(N)cc1Cl. The van der Waals surface area contributed by atoms with Crippen LogP contribution in [0.5, 0.6) is 0 Å². The first kappa shape index (κ1) is 12.5. The van der Waals surface area contributed by atoms with Gasteiger partial charge in [0.25, 0.3) is 0 Å². The van der Waals surface area contributed by atoms with Crippen molar-refractivity contribution >= 4 is 29.3 Å². The molecule has 0 aromatic heterocycles. The van der Waals surface area contributed by atoms with Crippen LogP contribution in [-0.2, 0) is 9.53 Å². The maximum absolute atomic E-state index is 13.1. The highest BCUT2D eigenvalue weighted by atomic mass is 35.5. The van der Waals surface area contributed by atoms with E-state index >= 15 is 0 Å². The van der Waals surface area contributed by atoms with E-state index in [1.165, 1.54) is 18.2 Å². The van der Waals surface area contributed by atoms with Gasteiger partial charge in [-0.3, -0.25) is 0 Å². The molecule has 0 saturated carbocycles. The predicted octanol–water partition coefficient (Wildman–Crippen LogP) is 2.64. The maximum Gasteiger partial charge on any atom is 0.330 e. The van der Waals surface area contributed by atoms with E-state index in [-0.39, 0.29) is 17.3 Å². The molecule has 0 aliphatic heterocycles. The second-order valence-corrected chi connectivity index (χ2v) is 3.39. The molecule has 1 aromatic carbocycles. The lowest BCUT2D eigenvalue weighted by Crippen LogP contribution is -1.99. The molecule has 86 valence electrons. The number of anilines is 1. The largest absolute Gasteiger partial charge is 0.463 e. The molecule has 0 bridgehead atoms. The van der Waals surface area contributed by atoms with E-state index in [1.807, 2.05) is 0 Å². The average molecular weight is 244 g/mol. The van der Waals surface area contributed by atoms with Crippen molar-refractivity contribution in [2.45, 2.75) is 6.92 Å². The summed E-state index contributed by atoms with van der Waals surface area (Å²) in [5.41, 5.74) is 5.66. The number of halogens is 2. The lowest BCUT2D eigenvalue weighted by molar-refractivity contribution is -0.137. The number of benzene rings is 1. The third kappa shape index (κ3) is 3.24. The standard InChI is InChI=1S/C11H11ClFNO2/c1-2-16-11(15)4-3-7-5-9(13)10(14)6-8(7)12/h3-6H,2,14H2,1H3. The molecular formula is C11H11ClFNO2. The number of carbonyl (C=O) groups excluding carboxylic acids is 1. The van der Waals surface area contributed by atoms with Crippen molar-refractivity contribution in [1.29, 1.82) is 0 Å². The van der Waals surface area contributed by atoms with Gasteiger partial charge in [-0.05, 0) is 30.7 Å². The van der Waals surface area contributed by atoms with Crippen LogP contribution in [0.4, 0.5) is 10.1 Å². The van der Waals surface area contributed by atoms with Crippen LogP contribution in [0.25, 0.3) is 6.08 Å². The Hall–Kier alpha value is -1.55. The van der Waals surface area contributed by atoms with Crippen molar-refractivity contribution in [3.63, 3.8) is 0 Å².